The molecule has 0 spiro atoms. The normalized spacial score (nSPS) is 19.4. The largest absolute Gasteiger partial charge is 0.390 e. The molecular weight excluding hydrogens is 286 g/mol. The third-order valence-corrected chi connectivity index (χ3v) is 3.39. The molecule has 126 valence electrons. The van der Waals surface area contributed by atoms with Crippen molar-refractivity contribution in [3.05, 3.63) is 25.3 Å². The van der Waals surface area contributed by atoms with Crippen LogP contribution in [0, 0.1) is 0 Å². The summed E-state index contributed by atoms with van der Waals surface area (Å²) in [5.74, 6) is -0.163. The summed E-state index contributed by atoms with van der Waals surface area (Å²) in [4.78, 5) is 13.6. The zero-order chi connectivity index (χ0) is 16.5. The van der Waals surface area contributed by atoms with Gasteiger partial charge in [-0.15, -0.1) is 13.2 Å². The van der Waals surface area contributed by atoms with E-state index in [0.29, 0.717) is 32.5 Å². The van der Waals surface area contributed by atoms with Crippen LogP contribution in [-0.2, 0) is 19.0 Å². The molecule has 0 saturated carbocycles. The molecule has 0 aromatic carbocycles. The third kappa shape index (κ3) is 5.88. The molecule has 1 rings (SSSR count). The summed E-state index contributed by atoms with van der Waals surface area (Å²) in [7, 11) is 3.33. The minimum atomic E-state index is -0.771. The van der Waals surface area contributed by atoms with Gasteiger partial charge in [-0.3, -0.25) is 4.79 Å². The number of hydrogen-bond acceptors (Lipinski definition) is 5. The lowest BCUT2D eigenvalue weighted by atomic mass is 10.1. The van der Waals surface area contributed by atoms with Crippen molar-refractivity contribution in [2.75, 3.05) is 27.3 Å². The van der Waals surface area contributed by atoms with E-state index in [1.165, 1.54) is 4.90 Å². The molecule has 1 heterocycles. The first-order valence-electron chi connectivity index (χ1n) is 7.49. The first kappa shape index (κ1) is 18.8. The molecule has 3 atom stereocenters. The molecule has 0 aromatic heterocycles. The number of hydrogen-bond donors (Lipinski definition) is 1. The maximum Gasteiger partial charge on any atom is 0.251 e. The molecule has 22 heavy (non-hydrogen) atoms. The highest BCUT2D eigenvalue weighted by molar-refractivity contribution is 5.80. The van der Waals surface area contributed by atoms with Crippen LogP contribution >= 0.6 is 0 Å². The van der Waals surface area contributed by atoms with Crippen molar-refractivity contribution in [1.29, 1.82) is 0 Å². The second-order valence-corrected chi connectivity index (χ2v) is 5.42. The molecule has 1 amide bonds. The van der Waals surface area contributed by atoms with Gasteiger partial charge in [-0.2, -0.15) is 0 Å². The molecule has 0 unspecified atom stereocenters. The number of aliphatic hydroxyl groups is 1. The first-order valence-corrected chi connectivity index (χ1v) is 7.49. The van der Waals surface area contributed by atoms with Crippen molar-refractivity contribution >= 4 is 5.91 Å². The van der Waals surface area contributed by atoms with E-state index in [0.717, 1.165) is 0 Å². The maximum absolute atomic E-state index is 12.2. The van der Waals surface area contributed by atoms with Crippen LogP contribution in [0.15, 0.2) is 25.3 Å². The summed E-state index contributed by atoms with van der Waals surface area (Å²) in [6.07, 6.45) is 1.92. The number of carbonyl (C=O) groups is 1. The second kappa shape index (κ2) is 9.74. The van der Waals surface area contributed by atoms with Crippen LogP contribution in [0.25, 0.3) is 0 Å². The lowest BCUT2D eigenvalue weighted by Crippen LogP contribution is -2.42. The van der Waals surface area contributed by atoms with Crippen molar-refractivity contribution < 1.29 is 24.1 Å². The van der Waals surface area contributed by atoms with Gasteiger partial charge in [0.05, 0.1) is 25.4 Å². The third-order valence-electron chi connectivity index (χ3n) is 3.39. The molecular formula is C16H27NO5. The smallest absolute Gasteiger partial charge is 0.251 e. The Morgan fingerprint density at radius 1 is 1.32 bits per heavy atom. The second-order valence-electron chi connectivity index (χ2n) is 5.42. The summed E-state index contributed by atoms with van der Waals surface area (Å²) in [5, 5.41) is 10.2. The SMILES string of the molecule is C=CC[C@H](O[C@@H](CC1OCCO1)[C@@H](O)CC=C)C(=O)N(C)C. The highest BCUT2D eigenvalue weighted by Crippen LogP contribution is 2.20. The average molecular weight is 313 g/mol. The molecule has 1 saturated heterocycles. The zero-order valence-corrected chi connectivity index (χ0v) is 13.4. The Bertz CT molecular complexity index is 366. The van der Waals surface area contributed by atoms with Crippen molar-refractivity contribution in [2.45, 2.75) is 43.9 Å². The quantitative estimate of drug-likeness (QED) is 0.612. The Balaban J connectivity index is 2.75. The predicted molar refractivity (Wildman–Crippen MR) is 83.3 cm³/mol. The molecule has 1 fully saturated rings. The van der Waals surface area contributed by atoms with Gasteiger partial charge in [0.25, 0.3) is 5.91 Å². The van der Waals surface area contributed by atoms with Crippen LogP contribution in [0.2, 0.25) is 0 Å². The average Bonchev–Trinajstić information content (AvgIpc) is 2.98. The number of nitrogens with zero attached hydrogens (tertiary/aromatic N) is 1. The van der Waals surface area contributed by atoms with Gasteiger partial charge in [-0.1, -0.05) is 12.2 Å². The molecule has 1 aliphatic heterocycles. The molecule has 0 aromatic rings. The number of amides is 1. The Kier molecular flexibility index (Phi) is 8.34. The Hall–Kier alpha value is -1.21. The Labute approximate surface area is 132 Å². The minimum Gasteiger partial charge on any atom is -0.390 e. The lowest BCUT2D eigenvalue weighted by molar-refractivity contribution is -0.159. The fraction of sp³-hybridized carbons (Fsp3) is 0.688. The van der Waals surface area contributed by atoms with E-state index in [4.69, 9.17) is 14.2 Å². The van der Waals surface area contributed by atoms with Crippen LogP contribution < -0.4 is 0 Å². The summed E-state index contributed by atoms with van der Waals surface area (Å²) in [5.41, 5.74) is 0. The van der Waals surface area contributed by atoms with Gasteiger partial charge in [-0.05, 0) is 6.42 Å². The van der Waals surface area contributed by atoms with Gasteiger partial charge in [0.15, 0.2) is 6.29 Å². The zero-order valence-electron chi connectivity index (χ0n) is 13.4. The topological polar surface area (TPSA) is 68.2 Å². The molecule has 1 aliphatic rings. The molecule has 0 bridgehead atoms. The fourth-order valence-electron chi connectivity index (χ4n) is 2.22. The van der Waals surface area contributed by atoms with E-state index >= 15 is 0 Å². The predicted octanol–water partition coefficient (Wildman–Crippen LogP) is 1.10. The number of carbonyl (C=O) groups excluding carboxylic acids is 1. The van der Waals surface area contributed by atoms with E-state index < -0.39 is 24.6 Å². The highest BCUT2D eigenvalue weighted by atomic mass is 16.7. The van der Waals surface area contributed by atoms with Gasteiger partial charge in [0, 0.05) is 26.9 Å². The van der Waals surface area contributed by atoms with Crippen molar-refractivity contribution in [3.63, 3.8) is 0 Å². The minimum absolute atomic E-state index is 0.163. The van der Waals surface area contributed by atoms with Crippen molar-refractivity contribution in [1.82, 2.24) is 4.90 Å². The van der Waals surface area contributed by atoms with Gasteiger partial charge in [0.1, 0.15) is 6.10 Å². The molecule has 1 N–H and O–H groups in total. The lowest BCUT2D eigenvalue weighted by Gasteiger charge is -2.29. The van der Waals surface area contributed by atoms with E-state index in [9.17, 15) is 9.90 Å². The van der Waals surface area contributed by atoms with Gasteiger partial charge >= 0.3 is 0 Å². The number of aliphatic hydroxyl groups excluding tert-OH is 1. The van der Waals surface area contributed by atoms with Crippen LogP contribution in [0.1, 0.15) is 19.3 Å². The van der Waals surface area contributed by atoms with Crippen LogP contribution in [0.3, 0.4) is 0 Å². The van der Waals surface area contributed by atoms with Gasteiger partial charge < -0.3 is 24.2 Å². The molecule has 6 nitrogen and oxygen atoms in total. The van der Waals surface area contributed by atoms with Crippen molar-refractivity contribution in [2.24, 2.45) is 0 Å². The maximum atomic E-state index is 12.2. The van der Waals surface area contributed by atoms with Crippen molar-refractivity contribution in [3.8, 4) is 0 Å². The standard InChI is InChI=1S/C16H27NO5/c1-5-7-12(18)14(11-15-20-9-10-21-15)22-13(8-6-2)16(19)17(3)4/h5-6,12-15,18H,1-2,7-11H2,3-4H3/t12-,13-,14-/m0/s1. The number of ether oxygens (including phenoxy) is 3. The van der Waals surface area contributed by atoms with E-state index in [1.807, 2.05) is 0 Å². The Morgan fingerprint density at radius 2 is 1.91 bits per heavy atom. The molecule has 6 heteroatoms. The summed E-state index contributed by atoms with van der Waals surface area (Å²) in [6.45, 7) is 8.34. The van der Waals surface area contributed by atoms with Gasteiger partial charge in [0.2, 0.25) is 0 Å². The number of rotatable bonds is 10. The first-order chi connectivity index (χ1) is 10.5. The molecule has 0 radical (unpaired) electrons. The van der Waals surface area contributed by atoms with Gasteiger partial charge in [-0.25, -0.2) is 0 Å². The summed E-state index contributed by atoms with van der Waals surface area (Å²) < 4.78 is 16.7. The number of likely N-dealkylation sites (N-methyl/N-ethyl adjacent to an activating group) is 1. The highest BCUT2D eigenvalue weighted by Gasteiger charge is 2.31. The van der Waals surface area contributed by atoms with E-state index in [-0.39, 0.29) is 5.91 Å². The van der Waals surface area contributed by atoms with Crippen LogP contribution in [0.5, 0.6) is 0 Å². The molecule has 0 aliphatic carbocycles. The van der Waals surface area contributed by atoms with E-state index in [1.54, 1.807) is 26.2 Å². The van der Waals surface area contributed by atoms with Crippen LogP contribution in [0.4, 0.5) is 0 Å². The summed E-state index contributed by atoms with van der Waals surface area (Å²) in [6, 6.07) is 0. The Morgan fingerprint density at radius 3 is 2.41 bits per heavy atom. The summed E-state index contributed by atoms with van der Waals surface area (Å²) >= 11 is 0. The van der Waals surface area contributed by atoms with Crippen LogP contribution in [-0.4, -0.2) is 67.8 Å². The van der Waals surface area contributed by atoms with E-state index in [2.05, 4.69) is 13.2 Å². The monoisotopic (exact) mass is 313 g/mol. The fourth-order valence-corrected chi connectivity index (χ4v) is 2.22.